The average molecular weight is 160 g/mol. The molecule has 1 unspecified atom stereocenters. The van der Waals surface area contributed by atoms with Crippen molar-refractivity contribution in [3.8, 4) is 0 Å². The molecule has 1 N–H and O–H groups in total. The van der Waals surface area contributed by atoms with E-state index in [0.29, 0.717) is 0 Å². The van der Waals surface area contributed by atoms with E-state index in [0.717, 1.165) is 0 Å². The topological polar surface area (TPSA) is 55.8 Å². The van der Waals surface area contributed by atoms with Crippen molar-refractivity contribution in [3.63, 3.8) is 0 Å². The minimum Gasteiger partial charge on any atom is -0.431 e. The van der Waals surface area contributed by atoms with Crippen molar-refractivity contribution in [2.24, 2.45) is 0 Å². The third-order valence-electron chi connectivity index (χ3n) is 1.54. The van der Waals surface area contributed by atoms with E-state index in [2.05, 4.69) is 0 Å². The van der Waals surface area contributed by atoms with Gasteiger partial charge in [0.2, 0.25) is 5.79 Å². The van der Waals surface area contributed by atoms with E-state index in [9.17, 15) is 4.79 Å². The molecule has 0 aliphatic carbocycles. The van der Waals surface area contributed by atoms with Gasteiger partial charge < -0.3 is 14.6 Å². The Labute approximate surface area is 65.1 Å². The molecule has 1 fully saturated rings. The van der Waals surface area contributed by atoms with Crippen LogP contribution in [0.25, 0.3) is 0 Å². The molecule has 0 spiro atoms. The van der Waals surface area contributed by atoms with Crippen LogP contribution in [0.1, 0.15) is 20.8 Å². The number of aliphatic hydroxyl groups excluding tert-OH is 1. The van der Waals surface area contributed by atoms with Gasteiger partial charge >= 0.3 is 5.97 Å². The Balaban J connectivity index is 2.82. The zero-order valence-electron chi connectivity index (χ0n) is 6.88. The molecule has 1 aliphatic rings. The number of aliphatic hydroxyl groups is 1. The van der Waals surface area contributed by atoms with E-state index < -0.39 is 17.4 Å². The van der Waals surface area contributed by atoms with Crippen LogP contribution in [0.2, 0.25) is 0 Å². The predicted octanol–water partition coefficient (Wildman–Crippen LogP) is 0.0469. The molecule has 4 heteroatoms. The van der Waals surface area contributed by atoms with Gasteiger partial charge in [0.15, 0.2) is 5.60 Å². The number of cyclic esters (lactones) is 1. The van der Waals surface area contributed by atoms with Gasteiger partial charge in [-0.25, -0.2) is 4.79 Å². The van der Waals surface area contributed by atoms with Crippen LogP contribution in [0.5, 0.6) is 0 Å². The van der Waals surface area contributed by atoms with E-state index in [1.807, 2.05) is 0 Å². The molecule has 0 bridgehead atoms. The highest BCUT2D eigenvalue weighted by atomic mass is 16.8. The molecule has 0 saturated carbocycles. The molecule has 0 aromatic rings. The molecule has 1 atom stereocenters. The second kappa shape index (κ2) is 2.19. The van der Waals surface area contributed by atoms with Gasteiger partial charge in [0, 0.05) is 13.8 Å². The minimum absolute atomic E-state index is 0.352. The summed E-state index contributed by atoms with van der Waals surface area (Å²) in [5, 5.41) is 8.80. The Morgan fingerprint density at radius 2 is 2.00 bits per heavy atom. The summed E-state index contributed by atoms with van der Waals surface area (Å²) in [6.45, 7) is 4.41. The molecule has 1 heterocycles. The first-order valence-corrected chi connectivity index (χ1v) is 3.44. The van der Waals surface area contributed by atoms with Crippen LogP contribution >= 0.6 is 0 Å². The maximum absolute atomic E-state index is 11.0. The van der Waals surface area contributed by atoms with Crippen molar-refractivity contribution < 1.29 is 19.4 Å². The number of esters is 1. The third-order valence-corrected chi connectivity index (χ3v) is 1.54. The normalized spacial score (nSPS) is 35.5. The minimum atomic E-state index is -1.18. The first kappa shape index (κ1) is 8.49. The second-order valence-electron chi connectivity index (χ2n) is 3.28. The van der Waals surface area contributed by atoms with Crippen LogP contribution in [-0.4, -0.2) is 29.1 Å². The van der Waals surface area contributed by atoms with E-state index in [-0.39, 0.29) is 6.61 Å². The zero-order chi connectivity index (χ0) is 8.70. The van der Waals surface area contributed by atoms with Crippen LogP contribution in [0.15, 0.2) is 0 Å². The van der Waals surface area contributed by atoms with Crippen LogP contribution in [-0.2, 0) is 14.3 Å². The quantitative estimate of drug-likeness (QED) is 0.550. The highest BCUT2D eigenvalue weighted by molar-refractivity contribution is 5.81. The lowest BCUT2D eigenvalue weighted by Crippen LogP contribution is -2.37. The lowest BCUT2D eigenvalue weighted by atomic mass is 10.1. The monoisotopic (exact) mass is 160 g/mol. The molecule has 11 heavy (non-hydrogen) atoms. The lowest BCUT2D eigenvalue weighted by molar-refractivity contribution is -0.168. The molecule has 0 aromatic carbocycles. The van der Waals surface area contributed by atoms with Crippen molar-refractivity contribution in [2.45, 2.75) is 32.2 Å². The highest BCUT2D eigenvalue weighted by Gasteiger charge is 2.50. The highest BCUT2D eigenvalue weighted by Crippen LogP contribution is 2.31. The average Bonchev–Trinajstić information content (AvgIpc) is 2.03. The fraction of sp³-hybridized carbons (Fsp3) is 0.857. The maximum Gasteiger partial charge on any atom is 0.343 e. The van der Waals surface area contributed by atoms with Gasteiger partial charge in [-0.2, -0.15) is 0 Å². The fourth-order valence-corrected chi connectivity index (χ4v) is 1.03. The molecule has 1 aliphatic heterocycles. The van der Waals surface area contributed by atoms with Crippen molar-refractivity contribution in [2.75, 3.05) is 6.61 Å². The molecule has 0 radical (unpaired) electrons. The summed E-state index contributed by atoms with van der Waals surface area (Å²) in [4.78, 5) is 11.0. The maximum atomic E-state index is 11.0. The van der Waals surface area contributed by atoms with Crippen LogP contribution < -0.4 is 0 Å². The van der Waals surface area contributed by atoms with Crippen LogP contribution in [0.3, 0.4) is 0 Å². The van der Waals surface area contributed by atoms with Crippen LogP contribution in [0.4, 0.5) is 0 Å². The van der Waals surface area contributed by atoms with Crippen molar-refractivity contribution in [1.29, 1.82) is 0 Å². The van der Waals surface area contributed by atoms with E-state index in [1.54, 1.807) is 13.8 Å². The molecule has 4 nitrogen and oxygen atoms in total. The summed E-state index contributed by atoms with van der Waals surface area (Å²) in [6, 6.07) is 0. The fourth-order valence-electron chi connectivity index (χ4n) is 1.03. The number of carbonyl (C=O) groups excluding carboxylic acids is 1. The van der Waals surface area contributed by atoms with Crippen molar-refractivity contribution >= 4 is 5.97 Å². The summed E-state index contributed by atoms with van der Waals surface area (Å²) in [6.07, 6.45) is 0. The number of ether oxygens (including phenoxy) is 2. The zero-order valence-corrected chi connectivity index (χ0v) is 6.88. The van der Waals surface area contributed by atoms with Gasteiger partial charge in [-0.3, -0.25) is 0 Å². The van der Waals surface area contributed by atoms with Crippen molar-refractivity contribution in [3.05, 3.63) is 0 Å². The molecule has 0 aromatic heterocycles. The lowest BCUT2D eigenvalue weighted by Gasteiger charge is -2.19. The molecule has 1 saturated heterocycles. The Bertz CT molecular complexity index is 187. The standard InChI is InChI=1S/C7H12O4/c1-6(2)10-5(9)7(3,4-8)11-6/h8H,4H2,1-3H3. The second-order valence-corrected chi connectivity index (χ2v) is 3.28. The number of rotatable bonds is 1. The van der Waals surface area contributed by atoms with Gasteiger partial charge in [-0.15, -0.1) is 0 Å². The SMILES string of the molecule is CC1(C)OC(=O)C(C)(CO)O1. The molecular weight excluding hydrogens is 148 g/mol. The van der Waals surface area contributed by atoms with Gasteiger partial charge in [-0.1, -0.05) is 0 Å². The van der Waals surface area contributed by atoms with Gasteiger partial charge in [0.25, 0.3) is 0 Å². The Kier molecular flexibility index (Phi) is 1.69. The first-order valence-electron chi connectivity index (χ1n) is 3.44. The van der Waals surface area contributed by atoms with E-state index in [1.165, 1.54) is 6.92 Å². The van der Waals surface area contributed by atoms with E-state index >= 15 is 0 Å². The molecule has 0 amide bonds. The van der Waals surface area contributed by atoms with Crippen LogP contribution in [0, 0.1) is 0 Å². The van der Waals surface area contributed by atoms with Gasteiger partial charge in [-0.05, 0) is 6.92 Å². The summed E-state index contributed by atoms with van der Waals surface area (Å²) < 4.78 is 10.0. The molecular formula is C7H12O4. The summed E-state index contributed by atoms with van der Waals surface area (Å²) in [5.41, 5.74) is -1.18. The van der Waals surface area contributed by atoms with Gasteiger partial charge in [0.1, 0.15) is 0 Å². The Morgan fingerprint density at radius 3 is 2.18 bits per heavy atom. The van der Waals surface area contributed by atoms with E-state index in [4.69, 9.17) is 14.6 Å². The molecule has 64 valence electrons. The van der Waals surface area contributed by atoms with Crippen molar-refractivity contribution in [1.82, 2.24) is 0 Å². The molecule has 1 rings (SSSR count). The number of carbonyl (C=O) groups is 1. The number of hydrogen-bond donors (Lipinski definition) is 1. The Hall–Kier alpha value is -0.610. The predicted molar refractivity (Wildman–Crippen MR) is 36.7 cm³/mol. The van der Waals surface area contributed by atoms with Gasteiger partial charge in [0.05, 0.1) is 6.61 Å². The number of hydrogen-bond acceptors (Lipinski definition) is 4. The summed E-state index contributed by atoms with van der Waals surface area (Å²) >= 11 is 0. The summed E-state index contributed by atoms with van der Waals surface area (Å²) in [5.74, 6) is -1.42. The Morgan fingerprint density at radius 1 is 1.45 bits per heavy atom. The first-order chi connectivity index (χ1) is 4.90. The smallest absolute Gasteiger partial charge is 0.343 e. The summed E-state index contributed by atoms with van der Waals surface area (Å²) in [7, 11) is 0. The largest absolute Gasteiger partial charge is 0.431 e. The third kappa shape index (κ3) is 1.36.